The molecule has 0 saturated carbocycles. The molecular formula is C23H29NO. The molecule has 132 valence electrons. The SMILES string of the molecule is CC.CC.Cc1cc(-c2ccccc2)n(Cc2ccccc2)c(=O)c1. The molecule has 2 heteroatoms. The molecule has 0 aliphatic heterocycles. The van der Waals surface area contributed by atoms with Gasteiger partial charge in [0.2, 0.25) is 0 Å². The highest BCUT2D eigenvalue weighted by Crippen LogP contribution is 2.19. The van der Waals surface area contributed by atoms with Gasteiger partial charge in [-0.3, -0.25) is 4.79 Å². The van der Waals surface area contributed by atoms with Crippen molar-refractivity contribution in [2.75, 3.05) is 0 Å². The van der Waals surface area contributed by atoms with Gasteiger partial charge in [-0.25, -0.2) is 0 Å². The summed E-state index contributed by atoms with van der Waals surface area (Å²) in [5.41, 5.74) is 4.18. The Bertz CT molecular complexity index is 789. The fourth-order valence-electron chi connectivity index (χ4n) is 2.50. The largest absolute Gasteiger partial charge is 0.304 e. The lowest BCUT2D eigenvalue weighted by Gasteiger charge is -2.14. The van der Waals surface area contributed by atoms with Crippen LogP contribution in [0.25, 0.3) is 11.3 Å². The maximum Gasteiger partial charge on any atom is 0.251 e. The summed E-state index contributed by atoms with van der Waals surface area (Å²) in [5.74, 6) is 0. The fraction of sp³-hybridized carbons (Fsp3) is 0.261. The fourth-order valence-corrected chi connectivity index (χ4v) is 2.50. The number of hydrogen-bond acceptors (Lipinski definition) is 1. The van der Waals surface area contributed by atoms with E-state index in [1.165, 1.54) is 0 Å². The normalized spacial score (nSPS) is 9.32. The standard InChI is InChI=1S/C19H17NO.2C2H6/c1-15-12-18(17-10-6-3-7-11-17)20(19(21)13-15)14-16-8-4-2-5-9-16;2*1-2/h2-13H,14H2,1H3;2*1-2H3. The van der Waals surface area contributed by atoms with Crippen LogP contribution in [0, 0.1) is 6.92 Å². The summed E-state index contributed by atoms with van der Waals surface area (Å²) in [4.78, 5) is 12.4. The third kappa shape index (κ3) is 5.75. The third-order valence-electron chi connectivity index (χ3n) is 3.53. The Morgan fingerprint density at radius 1 is 0.760 bits per heavy atom. The second kappa shape index (κ2) is 11.0. The maximum absolute atomic E-state index is 12.4. The molecule has 0 saturated heterocycles. The van der Waals surface area contributed by atoms with Crippen LogP contribution in [0.5, 0.6) is 0 Å². The van der Waals surface area contributed by atoms with Gasteiger partial charge < -0.3 is 4.57 Å². The van der Waals surface area contributed by atoms with Crippen molar-refractivity contribution in [2.45, 2.75) is 41.2 Å². The summed E-state index contributed by atoms with van der Waals surface area (Å²) >= 11 is 0. The highest BCUT2D eigenvalue weighted by molar-refractivity contribution is 5.60. The lowest BCUT2D eigenvalue weighted by molar-refractivity contribution is 0.766. The van der Waals surface area contributed by atoms with Crippen LogP contribution < -0.4 is 5.56 Å². The zero-order valence-corrected chi connectivity index (χ0v) is 16.0. The number of benzene rings is 2. The van der Waals surface area contributed by atoms with Crippen molar-refractivity contribution in [3.8, 4) is 11.3 Å². The van der Waals surface area contributed by atoms with Crippen molar-refractivity contribution in [1.82, 2.24) is 4.57 Å². The molecule has 0 fully saturated rings. The molecule has 0 radical (unpaired) electrons. The quantitative estimate of drug-likeness (QED) is 0.582. The summed E-state index contributed by atoms with van der Waals surface area (Å²) in [5, 5.41) is 0. The van der Waals surface area contributed by atoms with E-state index in [1.54, 1.807) is 6.07 Å². The summed E-state index contributed by atoms with van der Waals surface area (Å²) < 4.78 is 1.83. The molecule has 0 amide bonds. The second-order valence-corrected chi connectivity index (χ2v) is 5.19. The molecule has 0 N–H and O–H groups in total. The van der Waals surface area contributed by atoms with E-state index in [1.807, 2.05) is 99.8 Å². The Kier molecular flexibility index (Phi) is 9.02. The van der Waals surface area contributed by atoms with Gasteiger partial charge in [-0.05, 0) is 29.7 Å². The number of pyridine rings is 1. The second-order valence-electron chi connectivity index (χ2n) is 5.19. The molecule has 0 bridgehead atoms. The van der Waals surface area contributed by atoms with Gasteiger partial charge in [-0.15, -0.1) is 0 Å². The van der Waals surface area contributed by atoms with Crippen molar-refractivity contribution in [3.05, 3.63) is 94.3 Å². The molecule has 0 spiro atoms. The van der Waals surface area contributed by atoms with Gasteiger partial charge in [0.25, 0.3) is 5.56 Å². The average molecular weight is 335 g/mol. The number of hydrogen-bond donors (Lipinski definition) is 0. The number of nitrogens with zero attached hydrogens (tertiary/aromatic N) is 1. The smallest absolute Gasteiger partial charge is 0.251 e. The van der Waals surface area contributed by atoms with Gasteiger partial charge in [-0.2, -0.15) is 0 Å². The van der Waals surface area contributed by atoms with Crippen LogP contribution in [0.3, 0.4) is 0 Å². The molecule has 1 heterocycles. The molecule has 0 aliphatic carbocycles. The van der Waals surface area contributed by atoms with Crippen molar-refractivity contribution in [2.24, 2.45) is 0 Å². The average Bonchev–Trinajstić information content (AvgIpc) is 2.68. The predicted octanol–water partition coefficient (Wildman–Crippen LogP) is 5.92. The van der Waals surface area contributed by atoms with Crippen LogP contribution in [0.1, 0.15) is 38.8 Å². The van der Waals surface area contributed by atoms with Crippen LogP contribution in [-0.4, -0.2) is 4.57 Å². The van der Waals surface area contributed by atoms with Gasteiger partial charge >= 0.3 is 0 Å². The van der Waals surface area contributed by atoms with Crippen LogP contribution in [0.2, 0.25) is 0 Å². The van der Waals surface area contributed by atoms with Gasteiger partial charge in [0.05, 0.1) is 12.2 Å². The summed E-state index contributed by atoms with van der Waals surface area (Å²) in [6.45, 7) is 10.5. The Labute approximate surface area is 151 Å². The lowest BCUT2D eigenvalue weighted by Crippen LogP contribution is -2.22. The first-order valence-electron chi connectivity index (χ1n) is 9.05. The van der Waals surface area contributed by atoms with Gasteiger partial charge in [-0.1, -0.05) is 88.4 Å². The topological polar surface area (TPSA) is 22.0 Å². The molecule has 2 aromatic carbocycles. The number of rotatable bonds is 3. The highest BCUT2D eigenvalue weighted by Gasteiger charge is 2.08. The van der Waals surface area contributed by atoms with E-state index in [9.17, 15) is 4.79 Å². The van der Waals surface area contributed by atoms with Crippen LogP contribution in [-0.2, 0) is 6.54 Å². The van der Waals surface area contributed by atoms with E-state index in [2.05, 4.69) is 6.07 Å². The van der Waals surface area contributed by atoms with E-state index in [0.717, 1.165) is 22.4 Å². The van der Waals surface area contributed by atoms with E-state index < -0.39 is 0 Å². The molecule has 2 nitrogen and oxygen atoms in total. The molecule has 3 aromatic rings. The zero-order chi connectivity index (χ0) is 18.7. The first-order chi connectivity index (χ1) is 12.2. The molecule has 3 rings (SSSR count). The maximum atomic E-state index is 12.4. The zero-order valence-electron chi connectivity index (χ0n) is 16.0. The van der Waals surface area contributed by atoms with Crippen LogP contribution >= 0.6 is 0 Å². The van der Waals surface area contributed by atoms with Crippen molar-refractivity contribution >= 4 is 0 Å². The first-order valence-corrected chi connectivity index (χ1v) is 9.05. The molecule has 1 aromatic heterocycles. The summed E-state index contributed by atoms with van der Waals surface area (Å²) in [6.07, 6.45) is 0. The van der Waals surface area contributed by atoms with E-state index >= 15 is 0 Å². The Hall–Kier alpha value is -2.61. The van der Waals surface area contributed by atoms with Crippen molar-refractivity contribution in [1.29, 1.82) is 0 Å². The van der Waals surface area contributed by atoms with E-state index in [4.69, 9.17) is 0 Å². The minimum atomic E-state index is 0.0395. The van der Waals surface area contributed by atoms with Crippen LogP contribution in [0.4, 0.5) is 0 Å². The molecule has 25 heavy (non-hydrogen) atoms. The van der Waals surface area contributed by atoms with Crippen molar-refractivity contribution in [3.63, 3.8) is 0 Å². The first kappa shape index (κ1) is 20.4. The summed E-state index contributed by atoms with van der Waals surface area (Å²) in [6, 6.07) is 23.9. The number of aryl methyl sites for hydroxylation is 1. The molecule has 0 aliphatic rings. The monoisotopic (exact) mass is 335 g/mol. The van der Waals surface area contributed by atoms with Crippen LogP contribution in [0.15, 0.2) is 77.6 Å². The molecule has 0 unspecified atom stereocenters. The van der Waals surface area contributed by atoms with E-state index in [0.29, 0.717) is 6.54 Å². The summed E-state index contributed by atoms with van der Waals surface area (Å²) in [7, 11) is 0. The minimum Gasteiger partial charge on any atom is -0.304 e. The van der Waals surface area contributed by atoms with Gasteiger partial charge in [0.1, 0.15) is 0 Å². The van der Waals surface area contributed by atoms with E-state index in [-0.39, 0.29) is 5.56 Å². The molecular weight excluding hydrogens is 306 g/mol. The third-order valence-corrected chi connectivity index (χ3v) is 3.53. The molecule has 0 atom stereocenters. The Morgan fingerprint density at radius 2 is 1.28 bits per heavy atom. The Morgan fingerprint density at radius 3 is 1.84 bits per heavy atom. The minimum absolute atomic E-state index is 0.0395. The lowest BCUT2D eigenvalue weighted by atomic mass is 10.1. The highest BCUT2D eigenvalue weighted by atomic mass is 16.1. The van der Waals surface area contributed by atoms with Gasteiger partial charge in [0, 0.05) is 6.07 Å². The van der Waals surface area contributed by atoms with Gasteiger partial charge in [0.15, 0.2) is 0 Å². The van der Waals surface area contributed by atoms with Crippen molar-refractivity contribution < 1.29 is 0 Å². The number of aromatic nitrogens is 1. The Balaban J connectivity index is 0.000000730. The predicted molar refractivity (Wildman–Crippen MR) is 109 cm³/mol.